The Morgan fingerprint density at radius 3 is 2.58 bits per heavy atom. The molecule has 0 aromatic carbocycles. The molecule has 0 bridgehead atoms. The Balaban J connectivity index is 1.97. The third-order valence-electron chi connectivity index (χ3n) is 4.82. The summed E-state index contributed by atoms with van der Waals surface area (Å²) in [5.41, 5.74) is 2.34. The lowest BCUT2D eigenvalue weighted by atomic mass is 9.99. The van der Waals surface area contributed by atoms with Gasteiger partial charge in [0, 0.05) is 37.2 Å². The van der Waals surface area contributed by atoms with Crippen LogP contribution in [0.15, 0.2) is 42.9 Å². The van der Waals surface area contributed by atoms with E-state index in [2.05, 4.69) is 84.1 Å². The Kier molecular flexibility index (Phi) is 5.34. The van der Waals surface area contributed by atoms with Crippen molar-refractivity contribution in [2.24, 2.45) is 0 Å². The molecule has 0 saturated carbocycles. The van der Waals surface area contributed by atoms with Crippen molar-refractivity contribution in [3.05, 3.63) is 54.1 Å². The van der Waals surface area contributed by atoms with Gasteiger partial charge in [-0.15, -0.1) is 0 Å². The molecule has 3 heterocycles. The molecule has 5 nitrogen and oxygen atoms in total. The Morgan fingerprint density at radius 1 is 1.23 bits per heavy atom. The first-order valence-electron chi connectivity index (χ1n) is 9.08. The van der Waals surface area contributed by atoms with Gasteiger partial charge in [-0.25, -0.2) is 0 Å². The number of rotatable bonds is 5. The van der Waals surface area contributed by atoms with E-state index in [4.69, 9.17) is 12.2 Å². The zero-order valence-corrected chi connectivity index (χ0v) is 17.1. The van der Waals surface area contributed by atoms with Gasteiger partial charge in [0.1, 0.15) is 0 Å². The molecule has 0 spiro atoms. The zero-order valence-electron chi connectivity index (χ0n) is 16.3. The van der Waals surface area contributed by atoms with Crippen molar-refractivity contribution in [2.75, 3.05) is 27.2 Å². The van der Waals surface area contributed by atoms with E-state index in [1.54, 1.807) is 0 Å². The molecule has 6 heteroatoms. The Morgan fingerprint density at radius 2 is 2.00 bits per heavy atom. The number of nitrogens with one attached hydrogen (secondary N) is 1. The summed E-state index contributed by atoms with van der Waals surface area (Å²) in [6.07, 6.45) is 6.26. The molecule has 2 aromatic heterocycles. The third kappa shape index (κ3) is 3.91. The van der Waals surface area contributed by atoms with Crippen LogP contribution in [0.4, 0.5) is 0 Å². The highest BCUT2D eigenvalue weighted by Gasteiger charge is 2.40. The van der Waals surface area contributed by atoms with Gasteiger partial charge in [0.25, 0.3) is 0 Å². The molecule has 0 radical (unpaired) electrons. The summed E-state index contributed by atoms with van der Waals surface area (Å²) >= 11 is 5.69. The summed E-state index contributed by atoms with van der Waals surface area (Å²) in [5, 5.41) is 4.31. The number of pyridine rings is 1. The molecule has 140 valence electrons. The van der Waals surface area contributed by atoms with Crippen molar-refractivity contribution in [2.45, 2.75) is 38.4 Å². The van der Waals surface area contributed by atoms with E-state index in [0.717, 1.165) is 23.9 Å². The van der Waals surface area contributed by atoms with Crippen LogP contribution < -0.4 is 5.32 Å². The van der Waals surface area contributed by atoms with Gasteiger partial charge >= 0.3 is 0 Å². The maximum atomic E-state index is 5.69. The lowest BCUT2D eigenvalue weighted by Crippen LogP contribution is -2.35. The first-order valence-corrected chi connectivity index (χ1v) is 9.49. The summed E-state index contributed by atoms with van der Waals surface area (Å²) in [5.74, 6) is 0. The van der Waals surface area contributed by atoms with E-state index < -0.39 is 0 Å². The van der Waals surface area contributed by atoms with E-state index in [1.165, 1.54) is 5.56 Å². The monoisotopic (exact) mass is 371 g/mol. The van der Waals surface area contributed by atoms with Crippen molar-refractivity contribution in [3.8, 4) is 0 Å². The molecule has 1 aliphatic heterocycles. The van der Waals surface area contributed by atoms with E-state index in [1.807, 2.05) is 18.3 Å². The van der Waals surface area contributed by atoms with Crippen LogP contribution in [0.3, 0.4) is 0 Å². The van der Waals surface area contributed by atoms with Crippen LogP contribution in [0.5, 0.6) is 0 Å². The fraction of sp³-hybridized carbons (Fsp3) is 0.500. The van der Waals surface area contributed by atoms with Gasteiger partial charge in [-0.3, -0.25) is 4.98 Å². The van der Waals surface area contributed by atoms with E-state index in [9.17, 15) is 0 Å². The number of likely N-dealkylation sites (N-methyl/N-ethyl adjacent to an activating group) is 1. The van der Waals surface area contributed by atoms with Crippen LogP contribution in [0.1, 0.15) is 44.1 Å². The minimum absolute atomic E-state index is 0.0553. The summed E-state index contributed by atoms with van der Waals surface area (Å²) < 4.78 is 2.27. The van der Waals surface area contributed by atoms with Gasteiger partial charge in [-0.05, 0) is 70.8 Å². The van der Waals surface area contributed by atoms with Crippen molar-refractivity contribution in [1.29, 1.82) is 0 Å². The second-order valence-electron chi connectivity index (χ2n) is 8.15. The van der Waals surface area contributed by atoms with E-state index in [-0.39, 0.29) is 17.6 Å². The highest BCUT2D eigenvalue weighted by atomic mass is 32.1. The molecule has 0 amide bonds. The molecular weight excluding hydrogens is 342 g/mol. The van der Waals surface area contributed by atoms with E-state index in [0.29, 0.717) is 0 Å². The van der Waals surface area contributed by atoms with Crippen molar-refractivity contribution in [1.82, 2.24) is 24.7 Å². The molecular formula is C20H29N5S. The molecule has 2 atom stereocenters. The maximum absolute atomic E-state index is 5.69. The van der Waals surface area contributed by atoms with E-state index >= 15 is 0 Å². The fourth-order valence-corrected chi connectivity index (χ4v) is 3.65. The number of aromatic nitrogens is 2. The highest BCUT2D eigenvalue weighted by molar-refractivity contribution is 7.80. The summed E-state index contributed by atoms with van der Waals surface area (Å²) in [7, 11) is 4.18. The van der Waals surface area contributed by atoms with Crippen LogP contribution in [-0.2, 0) is 5.54 Å². The fourth-order valence-electron chi connectivity index (χ4n) is 3.32. The molecule has 0 aliphatic carbocycles. The Hall–Kier alpha value is -1.92. The van der Waals surface area contributed by atoms with Gasteiger partial charge in [-0.1, -0.05) is 6.07 Å². The van der Waals surface area contributed by atoms with Gasteiger partial charge in [0.05, 0.1) is 17.8 Å². The molecule has 3 rings (SSSR count). The SMILES string of the molecule is CN(C)CCN1C(=S)NC(c2ccccn2)C1c1ccn(C(C)(C)C)c1. The predicted molar refractivity (Wildman–Crippen MR) is 110 cm³/mol. The molecule has 1 fully saturated rings. The van der Waals surface area contributed by atoms with Crippen molar-refractivity contribution in [3.63, 3.8) is 0 Å². The summed E-state index contributed by atoms with van der Waals surface area (Å²) in [6, 6.07) is 8.47. The van der Waals surface area contributed by atoms with Gasteiger partial charge in [-0.2, -0.15) is 0 Å². The van der Waals surface area contributed by atoms with Crippen LogP contribution in [-0.4, -0.2) is 51.6 Å². The number of hydrogen-bond acceptors (Lipinski definition) is 3. The minimum Gasteiger partial charge on any atom is -0.352 e. The van der Waals surface area contributed by atoms with Crippen LogP contribution in [0, 0.1) is 0 Å². The average molecular weight is 372 g/mol. The molecule has 2 aromatic rings. The van der Waals surface area contributed by atoms with Crippen LogP contribution in [0.2, 0.25) is 0 Å². The van der Waals surface area contributed by atoms with Crippen molar-refractivity contribution < 1.29 is 0 Å². The van der Waals surface area contributed by atoms with Gasteiger partial charge in [0.2, 0.25) is 0 Å². The van der Waals surface area contributed by atoms with Crippen molar-refractivity contribution >= 4 is 17.3 Å². The van der Waals surface area contributed by atoms with Gasteiger partial charge in [0.15, 0.2) is 5.11 Å². The molecule has 1 saturated heterocycles. The highest BCUT2D eigenvalue weighted by Crippen LogP contribution is 2.38. The minimum atomic E-state index is 0.0553. The Bertz CT molecular complexity index is 747. The number of hydrogen-bond donors (Lipinski definition) is 1. The van der Waals surface area contributed by atoms with Gasteiger partial charge < -0.3 is 19.7 Å². The number of nitrogens with zero attached hydrogens (tertiary/aromatic N) is 4. The topological polar surface area (TPSA) is 36.3 Å². The Labute approximate surface area is 162 Å². The third-order valence-corrected chi connectivity index (χ3v) is 5.17. The standard InChI is InChI=1S/C20H29N5S/c1-20(2,3)24-11-9-15(14-24)18-17(16-8-6-7-10-21-16)22-19(26)25(18)13-12-23(4)5/h6-11,14,17-18H,12-13H2,1-5H3,(H,22,26). The molecule has 1 aliphatic rings. The summed E-state index contributed by atoms with van der Waals surface area (Å²) in [6.45, 7) is 8.48. The molecule has 26 heavy (non-hydrogen) atoms. The van der Waals surface area contributed by atoms with Crippen LogP contribution >= 0.6 is 12.2 Å². The maximum Gasteiger partial charge on any atom is 0.170 e. The molecule has 2 unspecified atom stereocenters. The molecule has 1 N–H and O–H groups in total. The predicted octanol–water partition coefficient (Wildman–Crippen LogP) is 3.17. The largest absolute Gasteiger partial charge is 0.352 e. The zero-order chi connectivity index (χ0) is 18.9. The lowest BCUT2D eigenvalue weighted by molar-refractivity contribution is 0.277. The number of thiocarbonyl (C=S) groups is 1. The van der Waals surface area contributed by atoms with Crippen LogP contribution in [0.25, 0.3) is 0 Å². The normalized spacial score (nSPS) is 20.7. The lowest BCUT2D eigenvalue weighted by Gasteiger charge is -2.28. The smallest absolute Gasteiger partial charge is 0.170 e. The first-order chi connectivity index (χ1) is 12.3. The first kappa shape index (κ1) is 18.9. The average Bonchev–Trinajstić information content (AvgIpc) is 3.18. The second-order valence-corrected chi connectivity index (χ2v) is 8.53. The quantitative estimate of drug-likeness (QED) is 0.817. The summed E-state index contributed by atoms with van der Waals surface area (Å²) in [4.78, 5) is 9.08. The second kappa shape index (κ2) is 7.37.